The van der Waals surface area contributed by atoms with E-state index in [1.54, 1.807) is 0 Å². The molecule has 0 bridgehead atoms. The highest BCUT2D eigenvalue weighted by Crippen LogP contribution is 2.45. The van der Waals surface area contributed by atoms with Crippen LogP contribution in [-0.2, 0) is 10.2 Å². The third-order valence-electron chi connectivity index (χ3n) is 6.93. The molecule has 0 atom stereocenters. The zero-order valence-electron chi connectivity index (χ0n) is 18.3. The van der Waals surface area contributed by atoms with Crippen molar-refractivity contribution in [2.24, 2.45) is 0 Å². The van der Waals surface area contributed by atoms with Crippen molar-refractivity contribution in [1.29, 1.82) is 0 Å². The van der Waals surface area contributed by atoms with Crippen molar-refractivity contribution in [2.75, 3.05) is 38.1 Å². The van der Waals surface area contributed by atoms with E-state index >= 15 is 0 Å². The number of piperidine rings is 1. The Morgan fingerprint density at radius 1 is 1.12 bits per heavy atom. The summed E-state index contributed by atoms with van der Waals surface area (Å²) < 4.78 is 6.00. The molecule has 0 unspecified atom stereocenters. The predicted molar refractivity (Wildman–Crippen MR) is 129 cm³/mol. The third kappa shape index (κ3) is 3.91. The van der Waals surface area contributed by atoms with E-state index in [0.29, 0.717) is 11.6 Å². The number of nitrogens with zero attached hydrogens (tertiary/aromatic N) is 1. The molecule has 3 aliphatic rings. The minimum atomic E-state index is -0.442. The first-order valence-corrected chi connectivity index (χ1v) is 11.6. The van der Waals surface area contributed by atoms with Gasteiger partial charge in [0, 0.05) is 30.0 Å². The van der Waals surface area contributed by atoms with E-state index in [0.717, 1.165) is 56.0 Å². The van der Waals surface area contributed by atoms with Crippen LogP contribution in [0.5, 0.6) is 5.75 Å². The number of dihydropyridines is 1. The van der Waals surface area contributed by atoms with Crippen LogP contribution in [0.4, 0.5) is 5.69 Å². The van der Waals surface area contributed by atoms with Gasteiger partial charge in [-0.2, -0.15) is 0 Å². The average Bonchev–Trinajstić information content (AvgIpc) is 3.07. The Kier molecular flexibility index (Phi) is 5.70. The zero-order valence-corrected chi connectivity index (χ0v) is 19.0. The minimum absolute atomic E-state index is 0.110. The van der Waals surface area contributed by atoms with Crippen LogP contribution >= 0.6 is 11.6 Å². The van der Waals surface area contributed by atoms with Crippen molar-refractivity contribution in [2.45, 2.75) is 25.2 Å². The van der Waals surface area contributed by atoms with Gasteiger partial charge < -0.3 is 15.4 Å². The zero-order chi connectivity index (χ0) is 22.1. The van der Waals surface area contributed by atoms with Crippen LogP contribution in [0.15, 0.2) is 60.3 Å². The number of fused-ring (bicyclic) bond motifs is 2. The maximum Gasteiger partial charge on any atom is 0.235 e. The van der Waals surface area contributed by atoms with E-state index in [2.05, 4.69) is 46.9 Å². The van der Waals surface area contributed by atoms with Crippen molar-refractivity contribution in [3.05, 3.63) is 76.5 Å². The highest BCUT2D eigenvalue weighted by molar-refractivity contribution is 6.31. The number of allylic oxidation sites excluding steroid dienone is 2. The number of ether oxygens (including phenoxy) is 1. The molecular formula is C26H28ClN3O2. The lowest BCUT2D eigenvalue weighted by atomic mass is 9.73. The molecule has 6 heteroatoms. The van der Waals surface area contributed by atoms with Gasteiger partial charge in [0.25, 0.3) is 0 Å². The number of benzene rings is 2. The topological polar surface area (TPSA) is 53.6 Å². The third-order valence-corrected chi connectivity index (χ3v) is 7.16. The Labute approximate surface area is 194 Å². The molecule has 166 valence electrons. The van der Waals surface area contributed by atoms with Gasteiger partial charge in [0.05, 0.1) is 5.41 Å². The van der Waals surface area contributed by atoms with E-state index in [9.17, 15) is 4.79 Å². The Morgan fingerprint density at radius 3 is 2.66 bits per heavy atom. The maximum absolute atomic E-state index is 12.8. The fourth-order valence-electron chi connectivity index (χ4n) is 4.97. The van der Waals surface area contributed by atoms with Gasteiger partial charge >= 0.3 is 0 Å². The number of carbonyl (C=O) groups excluding carboxylic acids is 1. The van der Waals surface area contributed by atoms with Crippen LogP contribution in [0.2, 0.25) is 5.02 Å². The van der Waals surface area contributed by atoms with Gasteiger partial charge in [-0.05, 0) is 85.5 Å². The quantitative estimate of drug-likeness (QED) is 0.700. The second kappa shape index (κ2) is 8.64. The summed E-state index contributed by atoms with van der Waals surface area (Å²) in [7, 11) is 0. The van der Waals surface area contributed by atoms with E-state index in [-0.39, 0.29) is 5.91 Å². The average molecular weight is 450 g/mol. The fourth-order valence-corrected chi connectivity index (χ4v) is 5.14. The van der Waals surface area contributed by atoms with Crippen LogP contribution in [0.1, 0.15) is 30.9 Å². The molecule has 3 aliphatic heterocycles. The highest BCUT2D eigenvalue weighted by Gasteiger charge is 2.48. The van der Waals surface area contributed by atoms with Gasteiger partial charge in [-0.1, -0.05) is 29.8 Å². The summed E-state index contributed by atoms with van der Waals surface area (Å²) in [5.74, 6) is 0.992. The van der Waals surface area contributed by atoms with Crippen LogP contribution in [-0.4, -0.2) is 43.6 Å². The van der Waals surface area contributed by atoms with Gasteiger partial charge in [-0.15, -0.1) is 0 Å². The van der Waals surface area contributed by atoms with Crippen molar-refractivity contribution in [3.8, 4) is 5.75 Å². The fraction of sp³-hybridized carbons (Fsp3) is 0.346. The van der Waals surface area contributed by atoms with Crippen LogP contribution < -0.4 is 15.4 Å². The number of hydrogen-bond donors (Lipinski definition) is 2. The molecule has 2 aromatic carbocycles. The van der Waals surface area contributed by atoms with Crippen molar-refractivity contribution < 1.29 is 9.53 Å². The molecule has 0 radical (unpaired) electrons. The van der Waals surface area contributed by atoms with E-state index in [1.165, 1.54) is 16.7 Å². The second-order valence-electron chi connectivity index (χ2n) is 8.79. The number of rotatable bonds is 5. The van der Waals surface area contributed by atoms with Gasteiger partial charge in [-0.3, -0.25) is 9.69 Å². The first-order valence-electron chi connectivity index (χ1n) is 11.2. The summed E-state index contributed by atoms with van der Waals surface area (Å²) in [4.78, 5) is 15.2. The summed E-state index contributed by atoms with van der Waals surface area (Å²) in [6.45, 7) is 6.24. The lowest BCUT2D eigenvalue weighted by Crippen LogP contribution is -2.47. The predicted octanol–water partition coefficient (Wildman–Crippen LogP) is 4.60. The number of hydrogen-bond acceptors (Lipinski definition) is 4. The van der Waals surface area contributed by atoms with Gasteiger partial charge in [0.15, 0.2) is 0 Å². The molecule has 1 spiro atoms. The Hall–Kier alpha value is -2.76. The lowest BCUT2D eigenvalue weighted by Gasteiger charge is -2.38. The van der Waals surface area contributed by atoms with E-state index in [1.807, 2.05) is 30.3 Å². The molecule has 2 aromatic rings. The smallest absolute Gasteiger partial charge is 0.235 e. The molecule has 5 nitrogen and oxygen atoms in total. The van der Waals surface area contributed by atoms with Crippen LogP contribution in [0.25, 0.3) is 5.57 Å². The lowest BCUT2D eigenvalue weighted by molar-refractivity contribution is -0.122. The molecular weight excluding hydrogens is 422 g/mol. The van der Waals surface area contributed by atoms with Gasteiger partial charge in [0.1, 0.15) is 12.4 Å². The van der Waals surface area contributed by atoms with Crippen LogP contribution in [0.3, 0.4) is 0 Å². The molecule has 0 aliphatic carbocycles. The molecule has 5 rings (SSSR count). The molecule has 3 heterocycles. The van der Waals surface area contributed by atoms with Crippen molar-refractivity contribution >= 4 is 28.8 Å². The Morgan fingerprint density at radius 2 is 1.91 bits per heavy atom. The standard InChI is InChI=1S/C26H28ClN3O2/c1-18-8-11-28-17-22(18)19-2-5-21(6-3-19)32-15-14-30-12-9-26(10-13-30)23-16-20(27)4-7-24(23)29-25(26)31/h2-8,16-17,28H,9-15H2,1H3,(H,29,31). The molecule has 32 heavy (non-hydrogen) atoms. The minimum Gasteiger partial charge on any atom is -0.492 e. The summed E-state index contributed by atoms with van der Waals surface area (Å²) >= 11 is 6.21. The first-order chi connectivity index (χ1) is 15.5. The van der Waals surface area contributed by atoms with Gasteiger partial charge in [-0.25, -0.2) is 0 Å². The summed E-state index contributed by atoms with van der Waals surface area (Å²) in [6.07, 6.45) is 5.88. The van der Waals surface area contributed by atoms with Crippen molar-refractivity contribution in [3.63, 3.8) is 0 Å². The number of carbonyl (C=O) groups is 1. The number of anilines is 1. The summed E-state index contributed by atoms with van der Waals surface area (Å²) in [5, 5.41) is 7.00. The van der Waals surface area contributed by atoms with E-state index in [4.69, 9.17) is 16.3 Å². The van der Waals surface area contributed by atoms with Crippen molar-refractivity contribution in [1.82, 2.24) is 10.2 Å². The molecule has 1 amide bonds. The number of halogens is 1. The molecule has 2 N–H and O–H groups in total. The Balaban J connectivity index is 1.14. The monoisotopic (exact) mass is 449 g/mol. The SMILES string of the molecule is CC1=CCNC=C1c1ccc(OCCN2CCC3(CC2)C(=O)Nc2ccc(Cl)cc23)cc1. The van der Waals surface area contributed by atoms with E-state index < -0.39 is 5.41 Å². The molecule has 1 saturated heterocycles. The highest BCUT2D eigenvalue weighted by atomic mass is 35.5. The molecule has 1 fully saturated rings. The number of amides is 1. The number of nitrogens with one attached hydrogen (secondary N) is 2. The molecule has 0 saturated carbocycles. The van der Waals surface area contributed by atoms with Gasteiger partial charge in [0.2, 0.25) is 5.91 Å². The first kappa shape index (κ1) is 21.1. The number of likely N-dealkylation sites (tertiary alicyclic amines) is 1. The normalized spacial score (nSPS) is 19.6. The largest absolute Gasteiger partial charge is 0.492 e. The summed E-state index contributed by atoms with van der Waals surface area (Å²) in [6, 6.07) is 14.0. The second-order valence-corrected chi connectivity index (χ2v) is 9.23. The Bertz CT molecular complexity index is 1080. The molecule has 0 aromatic heterocycles. The maximum atomic E-state index is 12.8. The van der Waals surface area contributed by atoms with Crippen LogP contribution in [0, 0.1) is 0 Å². The summed E-state index contributed by atoms with van der Waals surface area (Å²) in [5.41, 5.74) is 5.23.